The van der Waals surface area contributed by atoms with Crippen molar-refractivity contribution in [1.82, 2.24) is 9.78 Å². The van der Waals surface area contributed by atoms with E-state index in [0.717, 1.165) is 16.7 Å². The molecule has 0 amide bonds. The fourth-order valence-corrected chi connectivity index (χ4v) is 2.46. The van der Waals surface area contributed by atoms with Crippen molar-refractivity contribution in [1.29, 1.82) is 0 Å². The van der Waals surface area contributed by atoms with E-state index in [0.29, 0.717) is 16.7 Å². The monoisotopic (exact) mass is 283 g/mol. The average Bonchev–Trinajstić information content (AvgIpc) is 2.85. The number of nitrogens with zero attached hydrogens (tertiary/aromatic N) is 2. The van der Waals surface area contributed by atoms with E-state index in [9.17, 15) is 4.79 Å². The third kappa shape index (κ3) is 2.36. The number of benzene rings is 1. The normalized spacial score (nSPS) is 12.8. The largest absolute Gasteiger partial charge is 0.455 e. The number of rotatable bonds is 2. The van der Waals surface area contributed by atoms with E-state index in [-0.39, 0.29) is 11.5 Å². The van der Waals surface area contributed by atoms with E-state index in [1.165, 1.54) is 6.07 Å². The molecule has 0 radical (unpaired) electrons. The lowest BCUT2D eigenvalue weighted by molar-refractivity contribution is 0.607. The van der Waals surface area contributed by atoms with Gasteiger partial charge in [-0.3, -0.25) is 9.48 Å². The van der Waals surface area contributed by atoms with Crippen molar-refractivity contribution in [2.24, 2.45) is 12.8 Å². The van der Waals surface area contributed by atoms with Crippen LogP contribution in [0.25, 0.3) is 22.3 Å². The molecule has 5 heteroatoms. The number of aromatic nitrogens is 2. The first-order chi connectivity index (χ1) is 9.95. The fraction of sp³-hybridized carbons (Fsp3) is 0.250. The molecule has 1 aromatic carbocycles. The summed E-state index contributed by atoms with van der Waals surface area (Å²) >= 11 is 0. The van der Waals surface area contributed by atoms with Gasteiger partial charge < -0.3 is 10.2 Å². The first-order valence-corrected chi connectivity index (χ1v) is 6.78. The molecular formula is C16H17N3O2. The maximum absolute atomic E-state index is 12.4. The van der Waals surface area contributed by atoms with Crippen LogP contribution in [-0.2, 0) is 7.05 Å². The van der Waals surface area contributed by atoms with Gasteiger partial charge in [0.1, 0.15) is 11.3 Å². The lowest BCUT2D eigenvalue weighted by Crippen LogP contribution is -2.09. The number of aryl methyl sites for hydroxylation is 2. The average molecular weight is 283 g/mol. The van der Waals surface area contributed by atoms with Crippen LogP contribution in [-0.4, -0.2) is 9.78 Å². The maximum Gasteiger partial charge on any atom is 0.193 e. The predicted molar refractivity (Wildman–Crippen MR) is 82.0 cm³/mol. The Morgan fingerprint density at radius 3 is 2.71 bits per heavy atom. The summed E-state index contributed by atoms with van der Waals surface area (Å²) < 4.78 is 7.62. The van der Waals surface area contributed by atoms with Crippen LogP contribution in [0.15, 0.2) is 39.8 Å². The molecule has 3 rings (SSSR count). The molecule has 5 nitrogen and oxygen atoms in total. The van der Waals surface area contributed by atoms with Crippen molar-refractivity contribution >= 4 is 11.0 Å². The van der Waals surface area contributed by atoms with Gasteiger partial charge in [0.25, 0.3) is 0 Å². The first kappa shape index (κ1) is 13.6. The van der Waals surface area contributed by atoms with Gasteiger partial charge in [-0.05, 0) is 25.5 Å². The third-order valence-corrected chi connectivity index (χ3v) is 3.48. The summed E-state index contributed by atoms with van der Waals surface area (Å²) in [6.45, 7) is 3.82. The van der Waals surface area contributed by atoms with Gasteiger partial charge in [-0.1, -0.05) is 6.07 Å². The minimum atomic E-state index is -0.209. The SMILES string of the molecule is Cc1cc(C(C)N)c2oc(-c3cnn(C)c3)cc(=O)c2c1. The lowest BCUT2D eigenvalue weighted by Gasteiger charge is -2.11. The van der Waals surface area contributed by atoms with E-state index in [1.807, 2.05) is 39.2 Å². The molecule has 3 aromatic rings. The Hall–Kier alpha value is -2.40. The Morgan fingerprint density at radius 1 is 1.33 bits per heavy atom. The van der Waals surface area contributed by atoms with E-state index in [4.69, 9.17) is 10.2 Å². The highest BCUT2D eigenvalue weighted by Crippen LogP contribution is 2.27. The first-order valence-electron chi connectivity index (χ1n) is 6.78. The van der Waals surface area contributed by atoms with Gasteiger partial charge in [0.05, 0.1) is 17.1 Å². The van der Waals surface area contributed by atoms with Crippen molar-refractivity contribution in [3.05, 3.63) is 51.9 Å². The molecule has 2 aromatic heterocycles. The summed E-state index contributed by atoms with van der Waals surface area (Å²) in [4.78, 5) is 12.4. The molecule has 0 aliphatic carbocycles. The molecule has 0 bridgehead atoms. The van der Waals surface area contributed by atoms with Crippen molar-refractivity contribution in [3.63, 3.8) is 0 Å². The predicted octanol–water partition coefficient (Wildman–Crippen LogP) is 2.52. The van der Waals surface area contributed by atoms with Gasteiger partial charge in [-0.15, -0.1) is 0 Å². The van der Waals surface area contributed by atoms with Crippen LogP contribution in [0.5, 0.6) is 0 Å². The number of fused-ring (bicyclic) bond motifs is 1. The van der Waals surface area contributed by atoms with Crippen molar-refractivity contribution in [2.75, 3.05) is 0 Å². The van der Waals surface area contributed by atoms with Gasteiger partial charge in [-0.2, -0.15) is 5.10 Å². The highest BCUT2D eigenvalue weighted by Gasteiger charge is 2.14. The molecule has 0 saturated heterocycles. The standard InChI is InChI=1S/C16H17N3O2/c1-9-4-12(10(2)17)16-13(5-9)14(20)6-15(21-16)11-7-18-19(3)8-11/h4-8,10H,17H2,1-3H3. The van der Waals surface area contributed by atoms with E-state index in [1.54, 1.807) is 10.9 Å². The molecule has 0 fully saturated rings. The Kier molecular flexibility index (Phi) is 3.14. The summed E-state index contributed by atoms with van der Waals surface area (Å²) in [5.41, 5.74) is 9.11. The zero-order valence-corrected chi connectivity index (χ0v) is 12.3. The smallest absolute Gasteiger partial charge is 0.193 e. The molecule has 0 saturated carbocycles. The number of nitrogens with two attached hydrogens (primary N) is 1. The number of hydrogen-bond acceptors (Lipinski definition) is 4. The van der Waals surface area contributed by atoms with E-state index < -0.39 is 0 Å². The topological polar surface area (TPSA) is 74.0 Å². The highest BCUT2D eigenvalue weighted by atomic mass is 16.3. The second-order valence-electron chi connectivity index (χ2n) is 5.40. The van der Waals surface area contributed by atoms with Gasteiger partial charge in [0.2, 0.25) is 0 Å². The Morgan fingerprint density at radius 2 is 2.10 bits per heavy atom. The molecule has 1 atom stereocenters. The number of hydrogen-bond donors (Lipinski definition) is 1. The summed E-state index contributed by atoms with van der Waals surface area (Å²) in [5, 5.41) is 4.67. The van der Waals surface area contributed by atoms with Crippen LogP contribution in [0.2, 0.25) is 0 Å². The highest BCUT2D eigenvalue weighted by molar-refractivity contribution is 5.82. The van der Waals surface area contributed by atoms with Gasteiger partial charge in [0, 0.05) is 30.9 Å². The summed E-state index contributed by atoms with van der Waals surface area (Å²) in [5.74, 6) is 0.506. The summed E-state index contributed by atoms with van der Waals surface area (Å²) in [6.07, 6.45) is 3.48. The Labute approximate surface area is 122 Å². The van der Waals surface area contributed by atoms with Crippen molar-refractivity contribution < 1.29 is 4.42 Å². The molecule has 21 heavy (non-hydrogen) atoms. The van der Waals surface area contributed by atoms with Crippen LogP contribution in [0.3, 0.4) is 0 Å². The second-order valence-corrected chi connectivity index (χ2v) is 5.40. The van der Waals surface area contributed by atoms with Gasteiger partial charge >= 0.3 is 0 Å². The molecular weight excluding hydrogens is 266 g/mol. The van der Waals surface area contributed by atoms with Crippen LogP contribution in [0.1, 0.15) is 24.1 Å². The van der Waals surface area contributed by atoms with Crippen LogP contribution in [0, 0.1) is 6.92 Å². The van der Waals surface area contributed by atoms with Crippen molar-refractivity contribution in [2.45, 2.75) is 19.9 Å². The minimum absolute atomic E-state index is 0.0688. The summed E-state index contributed by atoms with van der Waals surface area (Å²) in [7, 11) is 1.82. The Balaban J connectivity index is 2.35. The van der Waals surface area contributed by atoms with E-state index in [2.05, 4.69) is 5.10 Å². The van der Waals surface area contributed by atoms with Crippen LogP contribution in [0.4, 0.5) is 0 Å². The second kappa shape index (κ2) is 4.86. The quantitative estimate of drug-likeness (QED) is 0.784. The molecule has 1 unspecified atom stereocenters. The third-order valence-electron chi connectivity index (χ3n) is 3.48. The maximum atomic E-state index is 12.4. The van der Waals surface area contributed by atoms with Gasteiger partial charge in [0.15, 0.2) is 5.43 Å². The fourth-order valence-electron chi connectivity index (χ4n) is 2.46. The van der Waals surface area contributed by atoms with E-state index >= 15 is 0 Å². The molecule has 2 heterocycles. The molecule has 108 valence electrons. The lowest BCUT2D eigenvalue weighted by atomic mass is 10.0. The van der Waals surface area contributed by atoms with Crippen molar-refractivity contribution in [3.8, 4) is 11.3 Å². The molecule has 0 aliphatic heterocycles. The van der Waals surface area contributed by atoms with Crippen LogP contribution >= 0.6 is 0 Å². The molecule has 0 spiro atoms. The summed E-state index contributed by atoms with van der Waals surface area (Å²) in [6, 6.07) is 5.09. The zero-order chi connectivity index (χ0) is 15.1. The minimum Gasteiger partial charge on any atom is -0.455 e. The molecule has 2 N–H and O–H groups in total. The zero-order valence-electron chi connectivity index (χ0n) is 12.3. The molecule has 0 aliphatic rings. The Bertz CT molecular complexity index is 875. The van der Waals surface area contributed by atoms with Crippen LogP contribution < -0.4 is 11.2 Å². The van der Waals surface area contributed by atoms with Gasteiger partial charge in [-0.25, -0.2) is 0 Å².